The van der Waals surface area contributed by atoms with Gasteiger partial charge in [-0.3, -0.25) is 0 Å². The number of hydrogen-bond acceptors (Lipinski definition) is 6. The fourth-order valence-electron chi connectivity index (χ4n) is 3.97. The van der Waals surface area contributed by atoms with Crippen molar-refractivity contribution in [1.29, 1.82) is 0 Å². The maximum absolute atomic E-state index is 11.8. The molecule has 0 aromatic heterocycles. The van der Waals surface area contributed by atoms with E-state index in [-0.39, 0.29) is 27.8 Å². The van der Waals surface area contributed by atoms with Crippen LogP contribution in [-0.4, -0.2) is 32.3 Å². The van der Waals surface area contributed by atoms with Crippen molar-refractivity contribution in [3.63, 3.8) is 0 Å². The monoisotopic (exact) mass is 512 g/mol. The molecule has 0 spiro atoms. The fraction of sp³-hybridized carbons (Fsp3) is 0.111. The standard InChI is InChI=1S/C27H30O6P2/c1-23(33-35(30,31,26-18-10-4-11-19-26)27-20-12-5-13-21-27)22-32-34(28,29,24-14-6-2-7-15-24)25-16-8-3-9-17-25/h2-21,23,28-31H,22H2,1H3. The van der Waals surface area contributed by atoms with Gasteiger partial charge in [-0.2, -0.15) is 0 Å². The Kier molecular flexibility index (Phi) is 6.96. The summed E-state index contributed by atoms with van der Waals surface area (Å²) in [4.78, 5) is 47.1. The molecule has 0 fully saturated rings. The molecule has 8 heteroatoms. The van der Waals surface area contributed by atoms with Crippen LogP contribution >= 0.6 is 14.6 Å². The van der Waals surface area contributed by atoms with Crippen LogP contribution in [0.15, 0.2) is 121 Å². The van der Waals surface area contributed by atoms with Gasteiger partial charge in [0.15, 0.2) is 0 Å². The van der Waals surface area contributed by atoms with Gasteiger partial charge < -0.3 is 0 Å². The Morgan fingerprint density at radius 1 is 0.514 bits per heavy atom. The third-order valence-corrected chi connectivity index (χ3v) is 12.1. The van der Waals surface area contributed by atoms with Gasteiger partial charge in [0, 0.05) is 0 Å². The molecule has 6 nitrogen and oxygen atoms in total. The summed E-state index contributed by atoms with van der Waals surface area (Å²) in [5.41, 5.74) is 0. The van der Waals surface area contributed by atoms with Gasteiger partial charge in [-0.1, -0.05) is 0 Å². The van der Waals surface area contributed by atoms with E-state index in [0.717, 1.165) is 0 Å². The third kappa shape index (κ3) is 4.94. The quantitative estimate of drug-likeness (QED) is 0.257. The van der Waals surface area contributed by atoms with Crippen LogP contribution in [0.2, 0.25) is 0 Å². The summed E-state index contributed by atoms with van der Waals surface area (Å²) in [5, 5.41) is 0.920. The molecule has 0 aliphatic rings. The molecule has 0 radical (unpaired) electrons. The van der Waals surface area contributed by atoms with Gasteiger partial charge in [-0.15, -0.1) is 0 Å². The van der Waals surface area contributed by atoms with Crippen molar-refractivity contribution in [2.75, 3.05) is 6.61 Å². The number of benzene rings is 4. The predicted octanol–water partition coefficient (Wildman–Crippen LogP) is 3.28. The Bertz CT molecular complexity index is 1170. The van der Waals surface area contributed by atoms with Crippen LogP contribution in [0.1, 0.15) is 6.92 Å². The molecule has 184 valence electrons. The van der Waals surface area contributed by atoms with E-state index in [1.54, 1.807) is 128 Å². The van der Waals surface area contributed by atoms with Gasteiger partial charge in [0.2, 0.25) is 0 Å². The molecular weight excluding hydrogens is 482 g/mol. The second kappa shape index (κ2) is 9.51. The zero-order valence-electron chi connectivity index (χ0n) is 19.3. The zero-order valence-corrected chi connectivity index (χ0v) is 21.1. The van der Waals surface area contributed by atoms with Gasteiger partial charge >= 0.3 is 205 Å². The molecule has 35 heavy (non-hydrogen) atoms. The van der Waals surface area contributed by atoms with Gasteiger partial charge in [-0.25, -0.2) is 0 Å². The van der Waals surface area contributed by atoms with Crippen LogP contribution in [0.4, 0.5) is 0 Å². The summed E-state index contributed by atoms with van der Waals surface area (Å²) in [6.45, 7) is 1.29. The van der Waals surface area contributed by atoms with Crippen molar-refractivity contribution in [3.8, 4) is 0 Å². The molecule has 0 bridgehead atoms. The second-order valence-electron chi connectivity index (χ2n) is 8.45. The van der Waals surface area contributed by atoms with Crippen molar-refractivity contribution >= 4 is 35.8 Å². The topological polar surface area (TPSA) is 99.4 Å². The number of hydrogen-bond donors (Lipinski definition) is 4. The Hall–Kier alpha value is -2.50. The van der Waals surface area contributed by atoms with E-state index >= 15 is 0 Å². The molecule has 4 rings (SSSR count). The molecule has 4 N–H and O–H groups in total. The van der Waals surface area contributed by atoms with Gasteiger partial charge in [0.25, 0.3) is 0 Å². The summed E-state index contributed by atoms with van der Waals surface area (Å²) in [6.07, 6.45) is -0.920. The molecule has 0 saturated carbocycles. The molecular formula is C27H30O6P2. The summed E-state index contributed by atoms with van der Waals surface area (Å²) >= 11 is 0. The van der Waals surface area contributed by atoms with Crippen LogP contribution < -0.4 is 21.2 Å². The normalized spacial score (nSPS) is 15.3. The molecule has 4 aromatic carbocycles. The average Bonchev–Trinajstić information content (AvgIpc) is 2.90. The van der Waals surface area contributed by atoms with Crippen molar-refractivity contribution < 1.29 is 28.6 Å². The first-order valence-electron chi connectivity index (χ1n) is 11.2. The second-order valence-corrected chi connectivity index (χ2v) is 14.8. The predicted molar refractivity (Wildman–Crippen MR) is 144 cm³/mol. The van der Waals surface area contributed by atoms with E-state index in [2.05, 4.69) is 0 Å². The van der Waals surface area contributed by atoms with E-state index in [1.165, 1.54) is 0 Å². The van der Waals surface area contributed by atoms with Gasteiger partial charge in [0.05, 0.1) is 0 Å². The average molecular weight is 512 g/mol. The van der Waals surface area contributed by atoms with Crippen LogP contribution in [0.25, 0.3) is 0 Å². The fourth-order valence-corrected chi connectivity index (χ4v) is 9.18. The number of rotatable bonds is 9. The first-order valence-corrected chi connectivity index (χ1v) is 15.3. The molecule has 4 aromatic rings. The first-order chi connectivity index (χ1) is 16.6. The van der Waals surface area contributed by atoms with Crippen molar-refractivity contribution in [3.05, 3.63) is 121 Å². The van der Waals surface area contributed by atoms with Crippen LogP contribution in [0, 0.1) is 0 Å². The minimum atomic E-state index is -5.08. The Balaban J connectivity index is 1.68. The summed E-state index contributed by atoms with van der Waals surface area (Å²) < 4.78 is 12.0. The van der Waals surface area contributed by atoms with Crippen LogP contribution in [-0.2, 0) is 9.05 Å². The molecule has 0 amide bonds. The van der Waals surface area contributed by atoms with Crippen LogP contribution in [0.3, 0.4) is 0 Å². The molecule has 0 aliphatic carbocycles. The minimum absolute atomic E-state index is 0.230. The molecule has 1 unspecified atom stereocenters. The summed E-state index contributed by atoms with van der Waals surface area (Å²) in [5.74, 6) is 0. The summed E-state index contributed by atoms with van der Waals surface area (Å²) in [6, 6.07) is 33.5. The van der Waals surface area contributed by atoms with Crippen molar-refractivity contribution in [2.24, 2.45) is 0 Å². The molecule has 0 aliphatic heterocycles. The molecule has 0 heterocycles. The van der Waals surface area contributed by atoms with E-state index in [0.29, 0.717) is 0 Å². The maximum atomic E-state index is 11.8. The SMILES string of the molecule is CC(COP(O)(O)(c1ccccc1)c1ccccc1)OP(O)(O)(c1ccccc1)c1ccccc1. The van der Waals surface area contributed by atoms with Gasteiger partial charge in [0.1, 0.15) is 0 Å². The zero-order chi connectivity index (χ0) is 25.0. The van der Waals surface area contributed by atoms with Crippen molar-refractivity contribution in [1.82, 2.24) is 0 Å². The Morgan fingerprint density at radius 3 is 1.11 bits per heavy atom. The van der Waals surface area contributed by atoms with E-state index < -0.39 is 20.7 Å². The van der Waals surface area contributed by atoms with Crippen LogP contribution in [0.5, 0.6) is 0 Å². The Morgan fingerprint density at radius 2 is 0.800 bits per heavy atom. The molecule has 0 saturated heterocycles. The summed E-state index contributed by atoms with van der Waals surface area (Å²) in [7, 11) is -10.1. The molecule has 1 atom stereocenters. The Labute approximate surface area is 205 Å². The van der Waals surface area contributed by atoms with E-state index in [1.807, 2.05) is 0 Å². The van der Waals surface area contributed by atoms with Gasteiger partial charge in [-0.05, 0) is 0 Å². The van der Waals surface area contributed by atoms with E-state index in [4.69, 9.17) is 9.05 Å². The van der Waals surface area contributed by atoms with Crippen molar-refractivity contribution in [2.45, 2.75) is 13.0 Å². The van der Waals surface area contributed by atoms with E-state index in [9.17, 15) is 19.6 Å². The first kappa shape index (κ1) is 25.6. The third-order valence-electron chi connectivity index (χ3n) is 5.82.